The van der Waals surface area contributed by atoms with Gasteiger partial charge in [0, 0.05) is 37.9 Å². The van der Waals surface area contributed by atoms with Gasteiger partial charge in [0.05, 0.1) is 0 Å². The van der Waals surface area contributed by atoms with Gasteiger partial charge < -0.3 is 15.0 Å². The highest BCUT2D eigenvalue weighted by atomic mass is 19.3. The topological polar surface area (TPSA) is 87.7 Å². The average Bonchev–Trinajstić information content (AvgIpc) is 2.96. The van der Waals surface area contributed by atoms with Crippen molar-refractivity contribution >= 4 is 17.7 Å². The number of benzene rings is 1. The Hall–Kier alpha value is -2.55. The predicted molar refractivity (Wildman–Crippen MR) is 98.5 cm³/mol. The van der Waals surface area contributed by atoms with Crippen molar-refractivity contribution in [1.29, 1.82) is 0 Å². The zero-order valence-corrected chi connectivity index (χ0v) is 15.9. The summed E-state index contributed by atoms with van der Waals surface area (Å²) in [5, 5.41) is 5.40. The van der Waals surface area contributed by atoms with Crippen molar-refractivity contribution in [2.24, 2.45) is 5.92 Å². The first kappa shape index (κ1) is 19.8. The summed E-state index contributed by atoms with van der Waals surface area (Å²) in [4.78, 5) is 37.5. The molecule has 2 aliphatic heterocycles. The Kier molecular flexibility index (Phi) is 5.24. The molecule has 2 fully saturated rings. The number of alkyl halides is 2. The third kappa shape index (κ3) is 4.24. The number of rotatable bonds is 7. The van der Waals surface area contributed by atoms with Crippen molar-refractivity contribution in [2.45, 2.75) is 44.2 Å². The van der Waals surface area contributed by atoms with Gasteiger partial charge in [0.25, 0.3) is 5.91 Å². The van der Waals surface area contributed by atoms with E-state index in [2.05, 4.69) is 10.6 Å². The highest BCUT2D eigenvalue weighted by Crippen LogP contribution is 2.41. The van der Waals surface area contributed by atoms with Crippen LogP contribution in [-0.4, -0.2) is 54.3 Å². The van der Waals surface area contributed by atoms with Crippen molar-refractivity contribution in [1.82, 2.24) is 15.5 Å². The third-order valence-electron chi connectivity index (χ3n) is 5.65. The van der Waals surface area contributed by atoms with Crippen molar-refractivity contribution < 1.29 is 27.9 Å². The summed E-state index contributed by atoms with van der Waals surface area (Å²) in [6.07, 6.45) is 0.440. The molecule has 0 aromatic heterocycles. The standard InChI is InChI=1S/C20H23F2N3O4/c21-20(22)8-12(9-20)10-23-5-6-29-14-1-2-15-13(7-14)11-25(19(15)28)16-3-4-17(26)24-18(16)27/h1-2,7,12,16,23H,3-6,8-11H2,(H,24,26,27). The largest absolute Gasteiger partial charge is 0.492 e. The molecule has 0 spiro atoms. The molecular weight excluding hydrogens is 384 g/mol. The molecule has 3 aliphatic rings. The number of carbonyl (C=O) groups is 3. The fourth-order valence-electron chi connectivity index (χ4n) is 4.12. The lowest BCUT2D eigenvalue weighted by molar-refractivity contribution is -0.136. The Labute approximate surface area is 166 Å². The molecule has 3 amide bonds. The van der Waals surface area contributed by atoms with E-state index in [1.54, 1.807) is 18.2 Å². The molecular formula is C20H23F2N3O4. The number of imide groups is 1. The summed E-state index contributed by atoms with van der Waals surface area (Å²) in [5.41, 5.74) is 1.31. The first-order chi connectivity index (χ1) is 13.8. The number of hydrogen-bond donors (Lipinski definition) is 2. The molecule has 1 atom stereocenters. The molecule has 1 aliphatic carbocycles. The summed E-state index contributed by atoms with van der Waals surface area (Å²) in [6, 6.07) is 4.53. The van der Waals surface area contributed by atoms with E-state index in [9.17, 15) is 23.2 Å². The quantitative estimate of drug-likeness (QED) is 0.528. The van der Waals surface area contributed by atoms with Gasteiger partial charge in [0.1, 0.15) is 18.4 Å². The van der Waals surface area contributed by atoms with Crippen LogP contribution in [0.4, 0.5) is 8.78 Å². The Morgan fingerprint density at radius 2 is 2.03 bits per heavy atom. The van der Waals surface area contributed by atoms with Gasteiger partial charge in [-0.3, -0.25) is 19.7 Å². The summed E-state index contributed by atoms with van der Waals surface area (Å²) in [6.45, 7) is 1.78. The van der Waals surface area contributed by atoms with Gasteiger partial charge in [0.2, 0.25) is 17.7 Å². The maximum atomic E-state index is 12.8. The smallest absolute Gasteiger partial charge is 0.255 e. The number of nitrogens with zero attached hydrogens (tertiary/aromatic N) is 1. The highest BCUT2D eigenvalue weighted by molar-refractivity contribution is 6.05. The van der Waals surface area contributed by atoms with Gasteiger partial charge in [0.15, 0.2) is 0 Å². The van der Waals surface area contributed by atoms with Crippen LogP contribution >= 0.6 is 0 Å². The SMILES string of the molecule is O=C1CCC(N2Cc3cc(OCCNCC4CC(F)(F)C4)ccc3C2=O)C(=O)N1. The van der Waals surface area contributed by atoms with E-state index in [0.29, 0.717) is 44.0 Å². The number of hydrogen-bond acceptors (Lipinski definition) is 5. The van der Waals surface area contributed by atoms with Crippen molar-refractivity contribution in [3.8, 4) is 5.75 Å². The van der Waals surface area contributed by atoms with Crippen LogP contribution in [0.3, 0.4) is 0 Å². The van der Waals surface area contributed by atoms with E-state index in [1.807, 2.05) is 0 Å². The van der Waals surface area contributed by atoms with E-state index in [1.165, 1.54) is 4.90 Å². The number of halogens is 2. The molecule has 1 aromatic carbocycles. The first-order valence-corrected chi connectivity index (χ1v) is 9.81. The number of piperidine rings is 1. The van der Waals surface area contributed by atoms with E-state index in [0.717, 1.165) is 5.56 Å². The highest BCUT2D eigenvalue weighted by Gasteiger charge is 2.44. The van der Waals surface area contributed by atoms with E-state index in [-0.39, 0.29) is 37.0 Å². The fraction of sp³-hybridized carbons (Fsp3) is 0.550. The lowest BCUT2D eigenvalue weighted by atomic mass is 9.81. The minimum atomic E-state index is -2.49. The molecule has 4 rings (SSSR count). The van der Waals surface area contributed by atoms with Crippen LogP contribution in [0.25, 0.3) is 0 Å². The van der Waals surface area contributed by atoms with Crippen molar-refractivity contribution in [2.75, 3.05) is 19.7 Å². The number of amides is 3. The Morgan fingerprint density at radius 3 is 2.76 bits per heavy atom. The number of carbonyl (C=O) groups excluding carboxylic acids is 3. The van der Waals surface area contributed by atoms with Crippen molar-refractivity contribution in [3.05, 3.63) is 29.3 Å². The monoisotopic (exact) mass is 407 g/mol. The molecule has 0 bridgehead atoms. The average molecular weight is 407 g/mol. The fourth-order valence-corrected chi connectivity index (χ4v) is 4.12. The van der Waals surface area contributed by atoms with E-state index >= 15 is 0 Å². The number of ether oxygens (including phenoxy) is 1. The van der Waals surface area contributed by atoms with Gasteiger partial charge in [-0.15, -0.1) is 0 Å². The Bertz CT molecular complexity index is 837. The Balaban J connectivity index is 1.26. The van der Waals surface area contributed by atoms with Gasteiger partial charge in [-0.25, -0.2) is 8.78 Å². The van der Waals surface area contributed by atoms with E-state index < -0.39 is 17.9 Å². The van der Waals surface area contributed by atoms with Crippen LogP contribution in [0.2, 0.25) is 0 Å². The zero-order chi connectivity index (χ0) is 20.6. The van der Waals surface area contributed by atoms with Gasteiger partial charge in [-0.05, 0) is 42.6 Å². The van der Waals surface area contributed by atoms with Crippen LogP contribution in [0.5, 0.6) is 5.75 Å². The molecule has 9 heteroatoms. The lowest BCUT2D eigenvalue weighted by Gasteiger charge is -2.34. The molecule has 1 saturated carbocycles. The molecule has 1 aromatic rings. The predicted octanol–water partition coefficient (Wildman–Crippen LogP) is 1.46. The van der Waals surface area contributed by atoms with E-state index in [4.69, 9.17) is 4.74 Å². The second kappa shape index (κ2) is 7.70. The van der Waals surface area contributed by atoms with Crippen LogP contribution in [0, 0.1) is 5.92 Å². The molecule has 2 N–H and O–H groups in total. The first-order valence-electron chi connectivity index (χ1n) is 9.81. The minimum Gasteiger partial charge on any atom is -0.492 e. The molecule has 7 nitrogen and oxygen atoms in total. The van der Waals surface area contributed by atoms with Gasteiger partial charge in [-0.2, -0.15) is 0 Å². The maximum Gasteiger partial charge on any atom is 0.255 e. The maximum absolute atomic E-state index is 12.8. The number of fused-ring (bicyclic) bond motifs is 1. The molecule has 29 heavy (non-hydrogen) atoms. The second-order valence-electron chi connectivity index (χ2n) is 7.90. The molecule has 1 saturated heterocycles. The number of nitrogens with one attached hydrogen (secondary N) is 2. The van der Waals surface area contributed by atoms with Crippen LogP contribution in [0.1, 0.15) is 41.6 Å². The summed E-state index contributed by atoms with van der Waals surface area (Å²) in [5.74, 6) is -2.83. The normalized spacial score (nSPS) is 23.6. The summed E-state index contributed by atoms with van der Waals surface area (Å²) in [7, 11) is 0. The van der Waals surface area contributed by atoms with Crippen molar-refractivity contribution in [3.63, 3.8) is 0 Å². The minimum absolute atomic E-state index is 0.0225. The van der Waals surface area contributed by atoms with Crippen LogP contribution in [-0.2, 0) is 16.1 Å². The summed E-state index contributed by atoms with van der Waals surface area (Å²) >= 11 is 0. The summed E-state index contributed by atoms with van der Waals surface area (Å²) < 4.78 is 31.3. The van der Waals surface area contributed by atoms with Gasteiger partial charge in [-0.1, -0.05) is 0 Å². The second-order valence-corrected chi connectivity index (χ2v) is 7.90. The molecule has 1 unspecified atom stereocenters. The van der Waals surface area contributed by atoms with Crippen LogP contribution in [0.15, 0.2) is 18.2 Å². The van der Waals surface area contributed by atoms with Gasteiger partial charge >= 0.3 is 0 Å². The molecule has 2 heterocycles. The molecule has 0 radical (unpaired) electrons. The Morgan fingerprint density at radius 1 is 1.24 bits per heavy atom. The van der Waals surface area contributed by atoms with Crippen LogP contribution < -0.4 is 15.4 Å². The lowest BCUT2D eigenvalue weighted by Crippen LogP contribution is -2.52. The zero-order valence-electron chi connectivity index (χ0n) is 15.9. The molecule has 156 valence electrons. The third-order valence-corrected chi connectivity index (χ3v) is 5.65.